The fourth-order valence-corrected chi connectivity index (χ4v) is 3.49. The lowest BCUT2D eigenvalue weighted by Gasteiger charge is -2.21. The number of carbonyl (C=O) groups is 1. The number of hydrogen-bond acceptors (Lipinski definition) is 6. The van der Waals surface area contributed by atoms with E-state index in [1.807, 2.05) is 32.0 Å². The summed E-state index contributed by atoms with van der Waals surface area (Å²) in [7, 11) is 0. The van der Waals surface area contributed by atoms with Crippen LogP contribution in [0, 0.1) is 13.8 Å². The van der Waals surface area contributed by atoms with Crippen LogP contribution < -0.4 is 16.0 Å². The summed E-state index contributed by atoms with van der Waals surface area (Å²) in [5.41, 5.74) is 8.37. The van der Waals surface area contributed by atoms with Crippen LogP contribution in [0.1, 0.15) is 46.8 Å². The second-order valence-electron chi connectivity index (χ2n) is 7.33. The summed E-state index contributed by atoms with van der Waals surface area (Å²) in [6, 6.07) is 5.92. The number of pyridine rings is 1. The van der Waals surface area contributed by atoms with Gasteiger partial charge in [0, 0.05) is 36.6 Å². The third-order valence-electron chi connectivity index (χ3n) is 5.35. The molecule has 1 aliphatic carbocycles. The standard InChI is InChI=1S/C19H24N6O/c1-12-13(2)22-16(23-17(12)25-10-6-14(20)11-25)18(26)24-19(7-8-19)15-5-3-4-9-21-15/h3-5,9,14H,6-8,10-11,20H2,1-2H3,(H,24,26)/t14-/m1/s1. The Hall–Kier alpha value is -2.54. The highest BCUT2D eigenvalue weighted by molar-refractivity contribution is 5.92. The number of amides is 1. The van der Waals surface area contributed by atoms with Gasteiger partial charge in [-0.3, -0.25) is 9.78 Å². The van der Waals surface area contributed by atoms with E-state index in [0.29, 0.717) is 0 Å². The normalized spacial score (nSPS) is 20.9. The van der Waals surface area contributed by atoms with Crippen molar-refractivity contribution < 1.29 is 4.79 Å². The van der Waals surface area contributed by atoms with E-state index in [1.165, 1.54) is 0 Å². The number of aromatic nitrogens is 3. The second-order valence-corrected chi connectivity index (χ2v) is 7.33. The molecule has 1 amide bonds. The van der Waals surface area contributed by atoms with Gasteiger partial charge in [0.25, 0.3) is 5.91 Å². The molecule has 3 N–H and O–H groups in total. The van der Waals surface area contributed by atoms with Gasteiger partial charge in [-0.15, -0.1) is 0 Å². The van der Waals surface area contributed by atoms with Crippen LogP contribution in [0.15, 0.2) is 24.4 Å². The molecule has 0 radical (unpaired) electrons. The first-order valence-corrected chi connectivity index (χ1v) is 9.08. The molecule has 1 aliphatic heterocycles. The predicted octanol–water partition coefficient (Wildman–Crippen LogP) is 1.44. The van der Waals surface area contributed by atoms with Gasteiger partial charge in [-0.1, -0.05) is 6.07 Å². The molecular formula is C19H24N6O. The van der Waals surface area contributed by atoms with Crippen LogP contribution in [0.4, 0.5) is 5.82 Å². The highest BCUT2D eigenvalue weighted by Gasteiger charge is 2.47. The fourth-order valence-electron chi connectivity index (χ4n) is 3.49. The Morgan fingerprint density at radius 2 is 2.12 bits per heavy atom. The number of nitrogens with one attached hydrogen (secondary N) is 1. The second kappa shape index (κ2) is 6.32. The maximum absolute atomic E-state index is 12.9. The fraction of sp³-hybridized carbons (Fsp3) is 0.474. The van der Waals surface area contributed by atoms with E-state index in [4.69, 9.17) is 5.73 Å². The average Bonchev–Trinajstić information content (AvgIpc) is 3.30. The lowest BCUT2D eigenvalue weighted by atomic mass is 10.1. The van der Waals surface area contributed by atoms with Crippen LogP contribution >= 0.6 is 0 Å². The quantitative estimate of drug-likeness (QED) is 0.864. The van der Waals surface area contributed by atoms with E-state index < -0.39 is 0 Å². The van der Waals surface area contributed by atoms with Crippen molar-refractivity contribution in [1.82, 2.24) is 20.3 Å². The molecule has 7 heteroatoms. The SMILES string of the molecule is Cc1nc(C(=O)NC2(c3ccccn3)CC2)nc(N2CC[C@@H](N)C2)c1C. The summed E-state index contributed by atoms with van der Waals surface area (Å²) in [5.74, 6) is 0.782. The molecule has 26 heavy (non-hydrogen) atoms. The number of hydrogen-bond donors (Lipinski definition) is 2. The third-order valence-corrected chi connectivity index (χ3v) is 5.35. The van der Waals surface area contributed by atoms with E-state index in [1.54, 1.807) is 6.20 Å². The molecule has 1 saturated heterocycles. The highest BCUT2D eigenvalue weighted by atomic mass is 16.2. The molecule has 3 heterocycles. The number of nitrogens with zero attached hydrogens (tertiary/aromatic N) is 4. The van der Waals surface area contributed by atoms with Gasteiger partial charge < -0.3 is 16.0 Å². The highest BCUT2D eigenvalue weighted by Crippen LogP contribution is 2.44. The van der Waals surface area contributed by atoms with Gasteiger partial charge in [-0.05, 0) is 45.2 Å². The van der Waals surface area contributed by atoms with Gasteiger partial charge >= 0.3 is 0 Å². The van der Waals surface area contributed by atoms with Crippen LogP contribution in [0.25, 0.3) is 0 Å². The summed E-state index contributed by atoms with van der Waals surface area (Å²) in [6.07, 6.45) is 4.46. The Labute approximate surface area is 153 Å². The van der Waals surface area contributed by atoms with E-state index in [2.05, 4.69) is 25.2 Å². The molecule has 1 atom stereocenters. The van der Waals surface area contributed by atoms with Crippen molar-refractivity contribution in [2.75, 3.05) is 18.0 Å². The van der Waals surface area contributed by atoms with Crippen LogP contribution in [0.3, 0.4) is 0 Å². The molecule has 2 aromatic heterocycles. The van der Waals surface area contributed by atoms with Gasteiger partial charge in [-0.2, -0.15) is 0 Å². The van der Waals surface area contributed by atoms with Crippen molar-refractivity contribution in [3.05, 3.63) is 47.2 Å². The summed E-state index contributed by atoms with van der Waals surface area (Å²) >= 11 is 0. The smallest absolute Gasteiger partial charge is 0.289 e. The van der Waals surface area contributed by atoms with Gasteiger partial charge in [0.1, 0.15) is 5.82 Å². The Morgan fingerprint density at radius 3 is 2.73 bits per heavy atom. The minimum absolute atomic E-state index is 0.154. The number of rotatable bonds is 4. The van der Waals surface area contributed by atoms with E-state index in [9.17, 15) is 4.79 Å². The molecule has 7 nitrogen and oxygen atoms in total. The summed E-state index contributed by atoms with van der Waals surface area (Å²) in [5, 5.41) is 3.10. The van der Waals surface area contributed by atoms with Crippen LogP contribution in [-0.2, 0) is 5.54 Å². The summed E-state index contributed by atoms with van der Waals surface area (Å²) in [4.78, 5) is 28.4. The average molecular weight is 352 g/mol. The largest absolute Gasteiger partial charge is 0.355 e. The Kier molecular flexibility index (Phi) is 4.11. The first-order chi connectivity index (χ1) is 12.5. The van der Waals surface area contributed by atoms with E-state index in [0.717, 1.165) is 55.1 Å². The van der Waals surface area contributed by atoms with E-state index in [-0.39, 0.29) is 23.3 Å². The van der Waals surface area contributed by atoms with Crippen molar-refractivity contribution in [3.8, 4) is 0 Å². The molecule has 2 fully saturated rings. The molecule has 2 aliphatic rings. The van der Waals surface area contributed by atoms with Gasteiger partial charge in [0.2, 0.25) is 5.82 Å². The van der Waals surface area contributed by atoms with Crippen molar-refractivity contribution in [3.63, 3.8) is 0 Å². The zero-order valence-corrected chi connectivity index (χ0v) is 15.2. The molecule has 0 spiro atoms. The van der Waals surface area contributed by atoms with Crippen LogP contribution in [-0.4, -0.2) is 40.0 Å². The number of aryl methyl sites for hydroxylation is 1. The minimum Gasteiger partial charge on any atom is -0.355 e. The molecule has 136 valence electrons. The van der Waals surface area contributed by atoms with Gasteiger partial charge in [-0.25, -0.2) is 9.97 Å². The van der Waals surface area contributed by atoms with Crippen molar-refractivity contribution >= 4 is 11.7 Å². The topological polar surface area (TPSA) is 97.0 Å². The summed E-state index contributed by atoms with van der Waals surface area (Å²) in [6.45, 7) is 5.53. The van der Waals surface area contributed by atoms with Crippen LogP contribution in [0.5, 0.6) is 0 Å². The van der Waals surface area contributed by atoms with Crippen molar-refractivity contribution in [1.29, 1.82) is 0 Å². The molecule has 0 unspecified atom stereocenters. The predicted molar refractivity (Wildman–Crippen MR) is 98.9 cm³/mol. The molecular weight excluding hydrogens is 328 g/mol. The minimum atomic E-state index is -0.378. The Balaban J connectivity index is 1.60. The maximum atomic E-state index is 12.9. The molecule has 4 rings (SSSR count). The maximum Gasteiger partial charge on any atom is 0.289 e. The first kappa shape index (κ1) is 16.9. The van der Waals surface area contributed by atoms with Gasteiger partial charge in [0.05, 0.1) is 11.2 Å². The summed E-state index contributed by atoms with van der Waals surface area (Å²) < 4.78 is 0. The lowest BCUT2D eigenvalue weighted by molar-refractivity contribution is 0.0919. The monoisotopic (exact) mass is 352 g/mol. The van der Waals surface area contributed by atoms with E-state index >= 15 is 0 Å². The van der Waals surface area contributed by atoms with Crippen molar-refractivity contribution in [2.24, 2.45) is 5.73 Å². The zero-order valence-electron chi connectivity index (χ0n) is 15.2. The number of nitrogens with two attached hydrogens (primary N) is 1. The van der Waals surface area contributed by atoms with Crippen molar-refractivity contribution in [2.45, 2.75) is 44.7 Å². The molecule has 2 aromatic rings. The first-order valence-electron chi connectivity index (χ1n) is 9.08. The van der Waals surface area contributed by atoms with Crippen LogP contribution in [0.2, 0.25) is 0 Å². The zero-order chi connectivity index (χ0) is 18.3. The Morgan fingerprint density at radius 1 is 1.31 bits per heavy atom. The van der Waals surface area contributed by atoms with Gasteiger partial charge in [0.15, 0.2) is 0 Å². The molecule has 0 bridgehead atoms. The third kappa shape index (κ3) is 3.03. The number of anilines is 1. The number of carbonyl (C=O) groups excluding carboxylic acids is 1. The lowest BCUT2D eigenvalue weighted by Crippen LogP contribution is -2.37. The molecule has 1 saturated carbocycles. The Bertz CT molecular complexity index is 833. The molecule has 0 aromatic carbocycles.